The molecule has 2 heterocycles. The van der Waals surface area contributed by atoms with Gasteiger partial charge in [0.05, 0.1) is 6.26 Å². The lowest BCUT2D eigenvalue weighted by atomic mass is 10.2. The molecule has 19 heavy (non-hydrogen) atoms. The summed E-state index contributed by atoms with van der Waals surface area (Å²) >= 11 is 0. The van der Waals surface area contributed by atoms with E-state index in [1.807, 2.05) is 19.1 Å². The Hall–Kier alpha value is -2.04. The van der Waals surface area contributed by atoms with Crippen molar-refractivity contribution in [2.24, 2.45) is 0 Å². The van der Waals surface area contributed by atoms with E-state index in [0.29, 0.717) is 18.0 Å². The predicted octanol–water partition coefficient (Wildman–Crippen LogP) is 2.51. The van der Waals surface area contributed by atoms with Gasteiger partial charge in [-0.05, 0) is 31.9 Å². The van der Waals surface area contributed by atoms with E-state index in [0.717, 1.165) is 24.4 Å². The van der Waals surface area contributed by atoms with Crippen molar-refractivity contribution in [3.05, 3.63) is 41.7 Å². The van der Waals surface area contributed by atoms with Crippen LogP contribution in [0.5, 0.6) is 0 Å². The Balaban J connectivity index is 1.57. The highest BCUT2D eigenvalue weighted by molar-refractivity contribution is 5.92. The van der Waals surface area contributed by atoms with Crippen molar-refractivity contribution in [2.75, 3.05) is 0 Å². The van der Waals surface area contributed by atoms with Crippen LogP contribution in [0, 0.1) is 0 Å². The van der Waals surface area contributed by atoms with Crippen LogP contribution in [-0.2, 0) is 6.42 Å². The molecule has 5 heteroatoms. The standard InChI is InChI=1S/C14H16N2O3/c1-9(7-11-3-2-6-18-11)15-14(17)12-8-13(19-16-12)10-4-5-10/h2-3,6,8-10H,4-5,7H2,1H3,(H,15,17). The zero-order valence-corrected chi connectivity index (χ0v) is 10.8. The lowest BCUT2D eigenvalue weighted by Crippen LogP contribution is -2.34. The van der Waals surface area contributed by atoms with Crippen LogP contribution in [0.1, 0.15) is 47.7 Å². The van der Waals surface area contributed by atoms with Gasteiger partial charge in [-0.25, -0.2) is 0 Å². The van der Waals surface area contributed by atoms with Crippen molar-refractivity contribution in [1.29, 1.82) is 0 Å². The molecule has 1 N–H and O–H groups in total. The van der Waals surface area contributed by atoms with Gasteiger partial charge in [-0.15, -0.1) is 0 Å². The van der Waals surface area contributed by atoms with Crippen LogP contribution in [-0.4, -0.2) is 17.1 Å². The van der Waals surface area contributed by atoms with Crippen LogP contribution < -0.4 is 5.32 Å². The quantitative estimate of drug-likeness (QED) is 0.896. The number of amides is 1. The average Bonchev–Trinajstić information content (AvgIpc) is 2.91. The summed E-state index contributed by atoms with van der Waals surface area (Å²) in [6.45, 7) is 1.93. The summed E-state index contributed by atoms with van der Waals surface area (Å²) in [4.78, 5) is 12.0. The lowest BCUT2D eigenvalue weighted by Gasteiger charge is -2.10. The average molecular weight is 260 g/mol. The molecule has 0 bridgehead atoms. The molecule has 1 aliphatic carbocycles. The first-order chi connectivity index (χ1) is 9.22. The maximum absolute atomic E-state index is 12.0. The summed E-state index contributed by atoms with van der Waals surface area (Å²) in [7, 11) is 0. The molecule has 3 rings (SSSR count). The summed E-state index contributed by atoms with van der Waals surface area (Å²) < 4.78 is 10.4. The van der Waals surface area contributed by atoms with Gasteiger partial charge in [-0.3, -0.25) is 4.79 Å². The van der Waals surface area contributed by atoms with E-state index in [4.69, 9.17) is 8.94 Å². The van der Waals surface area contributed by atoms with Gasteiger partial charge < -0.3 is 14.3 Å². The second-order valence-electron chi connectivity index (χ2n) is 5.05. The third-order valence-electron chi connectivity index (χ3n) is 3.21. The van der Waals surface area contributed by atoms with Crippen LogP contribution in [0.15, 0.2) is 33.4 Å². The van der Waals surface area contributed by atoms with Crippen LogP contribution in [0.4, 0.5) is 0 Å². The van der Waals surface area contributed by atoms with Gasteiger partial charge in [0.15, 0.2) is 5.69 Å². The third kappa shape index (κ3) is 2.86. The Morgan fingerprint density at radius 3 is 3.11 bits per heavy atom. The minimum atomic E-state index is -0.199. The van der Waals surface area contributed by atoms with Gasteiger partial charge in [-0.1, -0.05) is 5.16 Å². The smallest absolute Gasteiger partial charge is 0.273 e. The molecule has 0 spiro atoms. The van der Waals surface area contributed by atoms with Crippen molar-refractivity contribution in [1.82, 2.24) is 10.5 Å². The van der Waals surface area contributed by atoms with E-state index in [9.17, 15) is 4.79 Å². The van der Waals surface area contributed by atoms with Crippen LogP contribution in [0.2, 0.25) is 0 Å². The molecule has 1 atom stereocenters. The Morgan fingerprint density at radius 1 is 1.58 bits per heavy atom. The van der Waals surface area contributed by atoms with Crippen LogP contribution in [0.25, 0.3) is 0 Å². The topological polar surface area (TPSA) is 68.3 Å². The number of nitrogens with zero attached hydrogens (tertiary/aromatic N) is 1. The summed E-state index contributed by atoms with van der Waals surface area (Å²) in [5, 5.41) is 6.70. The minimum absolute atomic E-state index is 0.0141. The van der Waals surface area contributed by atoms with E-state index in [2.05, 4.69) is 10.5 Å². The Kier molecular flexibility index (Phi) is 3.11. The normalized spacial score (nSPS) is 16.3. The van der Waals surface area contributed by atoms with Gasteiger partial charge >= 0.3 is 0 Å². The molecular formula is C14H16N2O3. The molecule has 0 aliphatic heterocycles. The maximum Gasteiger partial charge on any atom is 0.273 e. The van der Waals surface area contributed by atoms with E-state index in [1.54, 1.807) is 12.3 Å². The van der Waals surface area contributed by atoms with Gasteiger partial charge in [0.25, 0.3) is 5.91 Å². The third-order valence-corrected chi connectivity index (χ3v) is 3.21. The first kappa shape index (κ1) is 12.0. The Bertz CT molecular complexity index is 555. The first-order valence-electron chi connectivity index (χ1n) is 6.52. The maximum atomic E-state index is 12.0. The van der Waals surface area contributed by atoms with Crippen LogP contribution in [0.3, 0.4) is 0 Å². The number of furan rings is 1. The monoisotopic (exact) mass is 260 g/mol. The molecule has 1 saturated carbocycles. The van der Waals surface area contributed by atoms with Crippen molar-refractivity contribution in [2.45, 2.75) is 38.1 Å². The predicted molar refractivity (Wildman–Crippen MR) is 67.8 cm³/mol. The summed E-state index contributed by atoms with van der Waals surface area (Å²) in [5.74, 6) is 1.94. The molecule has 100 valence electrons. The lowest BCUT2D eigenvalue weighted by molar-refractivity contribution is 0.0930. The van der Waals surface area contributed by atoms with Crippen molar-refractivity contribution in [3.63, 3.8) is 0 Å². The number of nitrogens with one attached hydrogen (secondary N) is 1. The number of aromatic nitrogens is 1. The summed E-state index contributed by atoms with van der Waals surface area (Å²) in [6.07, 6.45) is 4.55. The zero-order valence-electron chi connectivity index (χ0n) is 10.8. The molecule has 0 aromatic carbocycles. The first-order valence-corrected chi connectivity index (χ1v) is 6.52. The van der Waals surface area contributed by atoms with E-state index < -0.39 is 0 Å². The van der Waals surface area contributed by atoms with Crippen molar-refractivity contribution >= 4 is 5.91 Å². The van der Waals surface area contributed by atoms with E-state index in [1.165, 1.54) is 0 Å². The van der Waals surface area contributed by atoms with Crippen molar-refractivity contribution < 1.29 is 13.7 Å². The molecule has 1 fully saturated rings. The molecular weight excluding hydrogens is 244 g/mol. The molecule has 2 aromatic heterocycles. The largest absolute Gasteiger partial charge is 0.469 e. The highest BCUT2D eigenvalue weighted by Gasteiger charge is 2.29. The zero-order chi connectivity index (χ0) is 13.2. The fourth-order valence-electron chi connectivity index (χ4n) is 2.04. The van der Waals surface area contributed by atoms with Crippen molar-refractivity contribution in [3.8, 4) is 0 Å². The number of hydrogen-bond donors (Lipinski definition) is 1. The fraction of sp³-hybridized carbons (Fsp3) is 0.429. The molecule has 1 amide bonds. The molecule has 2 aromatic rings. The number of hydrogen-bond acceptors (Lipinski definition) is 4. The summed E-state index contributed by atoms with van der Waals surface area (Å²) in [6, 6.07) is 5.46. The highest BCUT2D eigenvalue weighted by atomic mass is 16.5. The molecule has 0 radical (unpaired) electrons. The minimum Gasteiger partial charge on any atom is -0.469 e. The van der Waals surface area contributed by atoms with Gasteiger partial charge in [-0.2, -0.15) is 0 Å². The number of rotatable bonds is 5. The Labute approximate surface area is 111 Å². The van der Waals surface area contributed by atoms with Gasteiger partial charge in [0, 0.05) is 24.4 Å². The number of carbonyl (C=O) groups excluding carboxylic acids is 1. The fourth-order valence-corrected chi connectivity index (χ4v) is 2.04. The second-order valence-corrected chi connectivity index (χ2v) is 5.05. The van der Waals surface area contributed by atoms with E-state index >= 15 is 0 Å². The number of carbonyl (C=O) groups is 1. The molecule has 0 saturated heterocycles. The Morgan fingerprint density at radius 2 is 2.42 bits per heavy atom. The molecule has 1 aliphatic rings. The van der Waals surface area contributed by atoms with Crippen LogP contribution >= 0.6 is 0 Å². The van der Waals surface area contributed by atoms with Gasteiger partial charge in [0.2, 0.25) is 0 Å². The molecule has 5 nitrogen and oxygen atoms in total. The SMILES string of the molecule is CC(Cc1ccco1)NC(=O)c1cc(C2CC2)on1. The van der Waals surface area contributed by atoms with E-state index in [-0.39, 0.29) is 11.9 Å². The summed E-state index contributed by atoms with van der Waals surface area (Å²) in [5.41, 5.74) is 0.355. The van der Waals surface area contributed by atoms with Gasteiger partial charge in [0.1, 0.15) is 11.5 Å². The second kappa shape index (κ2) is 4.91. The molecule has 1 unspecified atom stereocenters. The highest BCUT2D eigenvalue weighted by Crippen LogP contribution is 2.40.